The molecule has 0 spiro atoms. The molecule has 0 fully saturated rings. The molecule has 0 aromatic carbocycles. The summed E-state index contributed by atoms with van der Waals surface area (Å²) < 4.78 is 36.2. The normalized spacial score (nSPS) is 11.4. The number of pyridine rings is 1. The average molecular weight is 301 g/mol. The Balaban J connectivity index is 3.03. The molecule has 70 valence electrons. The summed E-state index contributed by atoms with van der Waals surface area (Å²) in [6, 6.07) is 1.14. The lowest BCUT2D eigenvalue weighted by atomic mass is 10.2. The molecule has 1 aromatic heterocycles. The van der Waals surface area contributed by atoms with Gasteiger partial charge >= 0.3 is 6.18 Å². The van der Waals surface area contributed by atoms with E-state index in [4.69, 9.17) is 0 Å². The number of halogens is 4. The van der Waals surface area contributed by atoms with Crippen LogP contribution >= 0.6 is 22.6 Å². The number of nitrogens with zero attached hydrogens (tertiary/aromatic N) is 1. The van der Waals surface area contributed by atoms with Crippen molar-refractivity contribution < 1.29 is 18.0 Å². The van der Waals surface area contributed by atoms with Crippen LogP contribution in [0.4, 0.5) is 13.2 Å². The maximum absolute atomic E-state index is 11.9. The number of ketones is 1. The van der Waals surface area contributed by atoms with Crippen LogP contribution in [0.3, 0.4) is 0 Å². The van der Waals surface area contributed by atoms with Crippen LogP contribution in [0.2, 0.25) is 0 Å². The molecule has 1 heterocycles. The molecule has 0 saturated heterocycles. The topological polar surface area (TPSA) is 30.0 Å². The van der Waals surface area contributed by atoms with Crippen LogP contribution in [0.5, 0.6) is 0 Å². The summed E-state index contributed by atoms with van der Waals surface area (Å²) in [4.78, 5) is 14.1. The van der Waals surface area contributed by atoms with Gasteiger partial charge < -0.3 is 0 Å². The highest BCUT2D eigenvalue weighted by Crippen LogP contribution is 2.21. The number of Topliss-reactive ketones (excluding diaryl/α,β-unsaturated/α-hetero) is 1. The van der Waals surface area contributed by atoms with Gasteiger partial charge in [-0.15, -0.1) is 0 Å². The standard InChI is InChI=1S/C7H3F3INO/c8-7(9,10)6(13)4-1-5(11)3-12-2-4/h1-3H. The number of alkyl halides is 3. The number of aromatic nitrogens is 1. The minimum Gasteiger partial charge on any atom is -0.284 e. The van der Waals surface area contributed by atoms with Gasteiger partial charge in [-0.05, 0) is 28.7 Å². The molecule has 6 heteroatoms. The lowest BCUT2D eigenvalue weighted by Crippen LogP contribution is -2.22. The fraction of sp³-hybridized carbons (Fsp3) is 0.143. The molecule has 0 amide bonds. The molecule has 0 radical (unpaired) electrons. The van der Waals surface area contributed by atoms with Crippen LogP contribution < -0.4 is 0 Å². The highest BCUT2D eigenvalue weighted by atomic mass is 127. The van der Waals surface area contributed by atoms with Crippen molar-refractivity contribution in [2.45, 2.75) is 6.18 Å². The molecular weight excluding hydrogens is 298 g/mol. The van der Waals surface area contributed by atoms with Crippen molar-refractivity contribution in [2.75, 3.05) is 0 Å². The van der Waals surface area contributed by atoms with Crippen molar-refractivity contribution in [3.05, 3.63) is 27.6 Å². The van der Waals surface area contributed by atoms with Crippen molar-refractivity contribution in [1.29, 1.82) is 0 Å². The molecular formula is C7H3F3INO. The Morgan fingerprint density at radius 1 is 1.38 bits per heavy atom. The summed E-state index contributed by atoms with van der Waals surface area (Å²) in [5.41, 5.74) is -0.431. The Hall–Kier alpha value is -0.660. The first-order valence-electron chi connectivity index (χ1n) is 3.13. The van der Waals surface area contributed by atoms with Crippen LogP contribution in [0, 0.1) is 3.57 Å². The molecule has 0 atom stereocenters. The van der Waals surface area contributed by atoms with Gasteiger partial charge in [-0.3, -0.25) is 9.78 Å². The Morgan fingerprint density at radius 2 is 2.00 bits per heavy atom. The minimum absolute atomic E-state index is 0.431. The average Bonchev–Trinajstić information content (AvgIpc) is 2.01. The third-order valence-electron chi connectivity index (χ3n) is 1.22. The van der Waals surface area contributed by atoms with Crippen molar-refractivity contribution in [3.8, 4) is 0 Å². The van der Waals surface area contributed by atoms with Crippen molar-refractivity contribution >= 4 is 28.4 Å². The number of rotatable bonds is 1. The van der Waals surface area contributed by atoms with E-state index in [0.29, 0.717) is 3.57 Å². The SMILES string of the molecule is O=C(c1cncc(I)c1)C(F)(F)F. The van der Waals surface area contributed by atoms with Crippen LogP contribution in [0.25, 0.3) is 0 Å². The largest absolute Gasteiger partial charge is 0.454 e. The molecule has 1 rings (SSSR count). The molecule has 0 aliphatic carbocycles. The van der Waals surface area contributed by atoms with Crippen LogP contribution in [-0.2, 0) is 0 Å². The Kier molecular flexibility index (Phi) is 2.89. The predicted molar refractivity (Wildman–Crippen MR) is 47.3 cm³/mol. The summed E-state index contributed by atoms with van der Waals surface area (Å²) in [5, 5.41) is 0. The molecule has 2 nitrogen and oxygen atoms in total. The monoisotopic (exact) mass is 301 g/mol. The number of hydrogen-bond acceptors (Lipinski definition) is 2. The number of hydrogen-bond donors (Lipinski definition) is 0. The fourth-order valence-corrected chi connectivity index (χ4v) is 1.20. The first-order chi connectivity index (χ1) is 5.91. The molecule has 0 saturated carbocycles. The maximum atomic E-state index is 11.9. The van der Waals surface area contributed by atoms with Crippen molar-refractivity contribution in [3.63, 3.8) is 0 Å². The van der Waals surface area contributed by atoms with Gasteiger partial charge in [-0.2, -0.15) is 13.2 Å². The maximum Gasteiger partial charge on any atom is 0.454 e. The molecule has 0 N–H and O–H groups in total. The smallest absolute Gasteiger partial charge is 0.284 e. The van der Waals surface area contributed by atoms with Gasteiger partial charge in [-0.1, -0.05) is 0 Å². The van der Waals surface area contributed by atoms with Gasteiger partial charge in [0, 0.05) is 21.5 Å². The van der Waals surface area contributed by atoms with Gasteiger partial charge in [0.2, 0.25) is 0 Å². The van der Waals surface area contributed by atoms with E-state index in [-0.39, 0.29) is 0 Å². The van der Waals surface area contributed by atoms with Gasteiger partial charge in [-0.25, -0.2) is 0 Å². The zero-order chi connectivity index (χ0) is 10.1. The van der Waals surface area contributed by atoms with E-state index >= 15 is 0 Å². The Labute approximate surface area is 85.3 Å². The summed E-state index contributed by atoms with van der Waals surface area (Å²) in [7, 11) is 0. The number of carbonyl (C=O) groups is 1. The van der Waals surface area contributed by atoms with Gasteiger partial charge in [0.25, 0.3) is 5.78 Å². The molecule has 0 aliphatic rings. The lowest BCUT2D eigenvalue weighted by Gasteiger charge is -2.03. The van der Waals surface area contributed by atoms with Crippen molar-refractivity contribution in [1.82, 2.24) is 4.98 Å². The summed E-state index contributed by atoms with van der Waals surface area (Å²) in [6.07, 6.45) is -2.56. The van der Waals surface area contributed by atoms with E-state index in [1.807, 2.05) is 0 Å². The quantitative estimate of drug-likeness (QED) is 0.589. The second kappa shape index (κ2) is 3.60. The zero-order valence-corrected chi connectivity index (χ0v) is 8.26. The molecule has 0 aliphatic heterocycles. The third kappa shape index (κ3) is 2.64. The van der Waals surface area contributed by atoms with E-state index in [1.165, 1.54) is 6.20 Å². The van der Waals surface area contributed by atoms with Crippen molar-refractivity contribution in [2.24, 2.45) is 0 Å². The number of carbonyl (C=O) groups excluding carboxylic acids is 1. The van der Waals surface area contributed by atoms with Crippen LogP contribution in [0.15, 0.2) is 18.5 Å². The van der Waals surface area contributed by atoms with Gasteiger partial charge in [0.1, 0.15) is 0 Å². The van der Waals surface area contributed by atoms with E-state index in [0.717, 1.165) is 12.3 Å². The molecule has 13 heavy (non-hydrogen) atoms. The molecule has 1 aromatic rings. The van der Waals surface area contributed by atoms with E-state index in [9.17, 15) is 18.0 Å². The second-order valence-corrected chi connectivity index (χ2v) is 3.46. The van der Waals surface area contributed by atoms with E-state index in [2.05, 4.69) is 4.98 Å². The Bertz CT molecular complexity index is 337. The summed E-state index contributed by atoms with van der Waals surface area (Å²) in [5.74, 6) is -1.86. The van der Waals surface area contributed by atoms with Crippen LogP contribution in [0.1, 0.15) is 10.4 Å². The predicted octanol–water partition coefficient (Wildman–Crippen LogP) is 2.43. The lowest BCUT2D eigenvalue weighted by molar-refractivity contribution is -0.0885. The first kappa shape index (κ1) is 10.4. The molecule has 0 bridgehead atoms. The van der Waals surface area contributed by atoms with Crippen LogP contribution in [-0.4, -0.2) is 16.9 Å². The second-order valence-electron chi connectivity index (χ2n) is 2.22. The fourth-order valence-electron chi connectivity index (χ4n) is 0.700. The highest BCUT2D eigenvalue weighted by Gasteiger charge is 2.39. The highest BCUT2D eigenvalue weighted by molar-refractivity contribution is 14.1. The van der Waals surface area contributed by atoms with E-state index in [1.54, 1.807) is 22.6 Å². The van der Waals surface area contributed by atoms with E-state index < -0.39 is 17.5 Å². The summed E-state index contributed by atoms with van der Waals surface area (Å²) >= 11 is 1.78. The first-order valence-corrected chi connectivity index (χ1v) is 4.21. The zero-order valence-electron chi connectivity index (χ0n) is 6.10. The van der Waals surface area contributed by atoms with Gasteiger partial charge in [0.05, 0.1) is 0 Å². The molecule has 0 unspecified atom stereocenters. The summed E-state index contributed by atoms with van der Waals surface area (Å²) in [6.45, 7) is 0. The third-order valence-corrected chi connectivity index (χ3v) is 1.81. The Morgan fingerprint density at radius 3 is 2.46 bits per heavy atom. The van der Waals surface area contributed by atoms with Gasteiger partial charge in [0.15, 0.2) is 0 Å². The minimum atomic E-state index is -4.83.